The summed E-state index contributed by atoms with van der Waals surface area (Å²) in [5.74, 6) is 0.870. The molecule has 0 saturated carbocycles. The van der Waals surface area contributed by atoms with Gasteiger partial charge in [0.1, 0.15) is 0 Å². The van der Waals surface area contributed by atoms with E-state index in [1.807, 2.05) is 0 Å². The van der Waals surface area contributed by atoms with E-state index in [4.69, 9.17) is 0 Å². The zero-order chi connectivity index (χ0) is 13.5. The topological polar surface area (TPSA) is 15.3 Å². The number of benzene rings is 1. The second-order valence-corrected chi connectivity index (χ2v) is 5.71. The molecule has 1 fully saturated rings. The van der Waals surface area contributed by atoms with Gasteiger partial charge in [0.05, 0.1) is 0 Å². The number of allylic oxidation sites excluding steroid dienone is 1. The molecule has 1 aromatic rings. The molecule has 1 aliphatic rings. The van der Waals surface area contributed by atoms with Gasteiger partial charge in [0.15, 0.2) is 0 Å². The monoisotopic (exact) mass is 258 g/mol. The second-order valence-electron chi connectivity index (χ2n) is 5.71. The molecule has 1 aliphatic heterocycles. The Balaban J connectivity index is 1.72. The predicted molar refractivity (Wildman–Crippen MR) is 82.9 cm³/mol. The highest BCUT2D eigenvalue weighted by Gasteiger charge is 2.15. The van der Waals surface area contributed by atoms with Gasteiger partial charge in [-0.1, -0.05) is 37.3 Å². The smallest absolute Gasteiger partial charge is 0.0271 e. The summed E-state index contributed by atoms with van der Waals surface area (Å²) in [5.41, 5.74) is 2.51. The Morgan fingerprint density at radius 2 is 2.16 bits per heavy atom. The van der Waals surface area contributed by atoms with E-state index in [2.05, 4.69) is 60.5 Å². The minimum atomic E-state index is 0.870. The molecule has 19 heavy (non-hydrogen) atoms. The third kappa shape index (κ3) is 5.07. The van der Waals surface area contributed by atoms with Gasteiger partial charge < -0.3 is 10.2 Å². The molecule has 1 unspecified atom stereocenters. The third-order valence-electron chi connectivity index (χ3n) is 3.76. The average Bonchev–Trinajstić information content (AvgIpc) is 2.40. The van der Waals surface area contributed by atoms with Crippen molar-refractivity contribution in [2.75, 3.05) is 26.2 Å². The number of piperidine rings is 1. The van der Waals surface area contributed by atoms with Gasteiger partial charge in [-0.05, 0) is 43.9 Å². The zero-order valence-corrected chi connectivity index (χ0v) is 12.2. The van der Waals surface area contributed by atoms with Gasteiger partial charge in [-0.3, -0.25) is 0 Å². The highest BCUT2D eigenvalue weighted by atomic mass is 15.1. The van der Waals surface area contributed by atoms with E-state index in [9.17, 15) is 0 Å². The van der Waals surface area contributed by atoms with Crippen molar-refractivity contribution in [3.63, 3.8) is 0 Å². The molecule has 0 radical (unpaired) electrons. The van der Waals surface area contributed by atoms with E-state index in [0.717, 1.165) is 19.0 Å². The van der Waals surface area contributed by atoms with Crippen molar-refractivity contribution < 1.29 is 0 Å². The molecule has 1 aromatic carbocycles. The van der Waals surface area contributed by atoms with E-state index in [0.29, 0.717) is 0 Å². The van der Waals surface area contributed by atoms with Crippen LogP contribution in [0.25, 0.3) is 6.08 Å². The molecule has 1 heterocycles. The molecular formula is C17H26N2. The molecule has 1 atom stereocenters. The van der Waals surface area contributed by atoms with Crippen LogP contribution in [0.5, 0.6) is 0 Å². The summed E-state index contributed by atoms with van der Waals surface area (Å²) in [6, 6.07) is 10.5. The fourth-order valence-corrected chi connectivity index (χ4v) is 2.75. The van der Waals surface area contributed by atoms with Crippen molar-refractivity contribution in [3.05, 3.63) is 41.6 Å². The third-order valence-corrected chi connectivity index (χ3v) is 3.76. The molecule has 0 aliphatic carbocycles. The zero-order valence-electron chi connectivity index (χ0n) is 12.2. The maximum absolute atomic E-state index is 3.51. The van der Waals surface area contributed by atoms with E-state index < -0.39 is 0 Å². The number of rotatable bonds is 5. The number of nitrogens with zero attached hydrogens (tertiary/aromatic N) is 1. The first kappa shape index (κ1) is 14.1. The molecule has 0 spiro atoms. The molecule has 1 N–H and O–H groups in total. The Bertz CT molecular complexity index is 397. The van der Waals surface area contributed by atoms with E-state index in [1.54, 1.807) is 0 Å². The highest BCUT2D eigenvalue weighted by molar-refractivity contribution is 5.51. The van der Waals surface area contributed by atoms with Gasteiger partial charge in [-0.25, -0.2) is 0 Å². The summed E-state index contributed by atoms with van der Waals surface area (Å²) >= 11 is 0. The highest BCUT2D eigenvalue weighted by Crippen LogP contribution is 2.14. The molecule has 0 amide bonds. The predicted octanol–water partition coefficient (Wildman–Crippen LogP) is 3.37. The Morgan fingerprint density at radius 3 is 2.89 bits per heavy atom. The van der Waals surface area contributed by atoms with Gasteiger partial charge in [0.25, 0.3) is 0 Å². The largest absolute Gasteiger partial charge is 0.387 e. The van der Waals surface area contributed by atoms with Crippen LogP contribution in [0.4, 0.5) is 0 Å². The maximum Gasteiger partial charge on any atom is 0.0271 e. The lowest BCUT2D eigenvalue weighted by atomic mass is 10.0. The first-order valence-electron chi connectivity index (χ1n) is 7.43. The number of hydrogen-bond acceptors (Lipinski definition) is 2. The Kier molecular flexibility index (Phi) is 5.46. The van der Waals surface area contributed by atoms with Crippen molar-refractivity contribution in [1.82, 2.24) is 10.2 Å². The summed E-state index contributed by atoms with van der Waals surface area (Å²) in [7, 11) is 0. The SMILES string of the molecule is C/C(=C\c1ccccc1)NCCN1CCCC(C)C1. The van der Waals surface area contributed by atoms with Gasteiger partial charge in [0.2, 0.25) is 0 Å². The van der Waals surface area contributed by atoms with E-state index >= 15 is 0 Å². The van der Waals surface area contributed by atoms with Gasteiger partial charge in [-0.2, -0.15) is 0 Å². The molecule has 2 heteroatoms. The van der Waals surface area contributed by atoms with Crippen molar-refractivity contribution in [2.45, 2.75) is 26.7 Å². The van der Waals surface area contributed by atoms with Crippen molar-refractivity contribution in [1.29, 1.82) is 0 Å². The molecule has 104 valence electrons. The van der Waals surface area contributed by atoms with Crippen LogP contribution in [0.15, 0.2) is 36.0 Å². The Hall–Kier alpha value is -1.28. The minimum Gasteiger partial charge on any atom is -0.387 e. The molecule has 0 bridgehead atoms. The lowest BCUT2D eigenvalue weighted by Gasteiger charge is -2.30. The van der Waals surface area contributed by atoms with Crippen molar-refractivity contribution in [3.8, 4) is 0 Å². The number of likely N-dealkylation sites (tertiary alicyclic amines) is 1. The summed E-state index contributed by atoms with van der Waals surface area (Å²) in [6.45, 7) is 9.24. The van der Waals surface area contributed by atoms with E-state index in [-0.39, 0.29) is 0 Å². The second kappa shape index (κ2) is 7.34. The molecule has 1 saturated heterocycles. The Labute approximate surface area is 117 Å². The number of hydrogen-bond donors (Lipinski definition) is 1. The summed E-state index contributed by atoms with van der Waals surface area (Å²) < 4.78 is 0. The van der Waals surface area contributed by atoms with Gasteiger partial charge >= 0.3 is 0 Å². The summed E-state index contributed by atoms with van der Waals surface area (Å²) in [6.07, 6.45) is 4.97. The Morgan fingerprint density at radius 1 is 1.37 bits per heavy atom. The summed E-state index contributed by atoms with van der Waals surface area (Å²) in [5, 5.41) is 3.51. The quantitative estimate of drug-likeness (QED) is 0.871. The van der Waals surface area contributed by atoms with Crippen LogP contribution < -0.4 is 5.32 Å². The molecule has 2 nitrogen and oxygen atoms in total. The molecule has 2 rings (SSSR count). The molecular weight excluding hydrogens is 232 g/mol. The van der Waals surface area contributed by atoms with Crippen molar-refractivity contribution in [2.24, 2.45) is 5.92 Å². The maximum atomic E-state index is 3.51. The van der Waals surface area contributed by atoms with Crippen molar-refractivity contribution >= 4 is 6.08 Å². The normalized spacial score (nSPS) is 21.4. The van der Waals surface area contributed by atoms with Crippen LogP contribution in [0.1, 0.15) is 32.3 Å². The van der Waals surface area contributed by atoms with Gasteiger partial charge in [0, 0.05) is 25.3 Å². The van der Waals surface area contributed by atoms with Crippen LogP contribution in [0, 0.1) is 5.92 Å². The lowest BCUT2D eigenvalue weighted by Crippen LogP contribution is -2.38. The van der Waals surface area contributed by atoms with Gasteiger partial charge in [-0.15, -0.1) is 0 Å². The fraction of sp³-hybridized carbons (Fsp3) is 0.529. The molecule has 0 aromatic heterocycles. The minimum absolute atomic E-state index is 0.870. The summed E-state index contributed by atoms with van der Waals surface area (Å²) in [4.78, 5) is 2.58. The van der Waals surface area contributed by atoms with Crippen LogP contribution >= 0.6 is 0 Å². The standard InChI is InChI=1S/C17H26N2/c1-15-7-6-11-19(14-15)12-10-18-16(2)13-17-8-4-3-5-9-17/h3-5,8-9,13,15,18H,6-7,10-12,14H2,1-2H3/b16-13+. The first-order chi connectivity index (χ1) is 9.24. The van der Waals surface area contributed by atoms with E-state index in [1.165, 1.54) is 37.2 Å². The number of nitrogens with one attached hydrogen (secondary N) is 1. The van der Waals surface area contributed by atoms with Crippen LogP contribution in [0.2, 0.25) is 0 Å². The van der Waals surface area contributed by atoms with Crippen LogP contribution in [0.3, 0.4) is 0 Å². The fourth-order valence-electron chi connectivity index (χ4n) is 2.75. The average molecular weight is 258 g/mol. The first-order valence-corrected chi connectivity index (χ1v) is 7.43. The van der Waals surface area contributed by atoms with Crippen LogP contribution in [-0.2, 0) is 0 Å². The van der Waals surface area contributed by atoms with Crippen LogP contribution in [-0.4, -0.2) is 31.1 Å². The lowest BCUT2D eigenvalue weighted by molar-refractivity contribution is 0.186.